The molecule has 0 bridgehead atoms. The molecule has 0 amide bonds. The molecule has 94 valence electrons. The van der Waals surface area contributed by atoms with Crippen molar-refractivity contribution < 1.29 is 4.39 Å². The minimum Gasteiger partial charge on any atom is -0.307 e. The smallest absolute Gasteiger partial charge is 0.167 e. The number of rotatable bonds is 3. The zero-order valence-corrected chi connectivity index (χ0v) is 10.9. The Morgan fingerprint density at radius 1 is 1.33 bits per heavy atom. The Hall–Kier alpha value is -1.13. The largest absolute Gasteiger partial charge is 0.307 e. The van der Waals surface area contributed by atoms with Gasteiger partial charge in [-0.1, -0.05) is 11.6 Å². The molecule has 1 aromatic carbocycles. The zero-order chi connectivity index (χ0) is 12.7. The van der Waals surface area contributed by atoms with Crippen LogP contribution in [0.1, 0.15) is 24.7 Å². The van der Waals surface area contributed by atoms with Gasteiger partial charge in [-0.2, -0.15) is 0 Å². The van der Waals surface area contributed by atoms with Crippen LogP contribution in [0.15, 0.2) is 18.2 Å². The molecule has 0 spiro atoms. The second kappa shape index (κ2) is 4.52. The van der Waals surface area contributed by atoms with E-state index in [1.807, 2.05) is 4.57 Å². The highest BCUT2D eigenvalue weighted by Gasteiger charge is 2.30. The molecule has 18 heavy (non-hydrogen) atoms. The number of alkyl halides is 1. The standard InChI is InChI=1S/C12H10Cl2FN3/c13-6-11-16-17-12(18(11)8-2-3-8)9-5-7(14)1-4-10(9)15/h1,4-5,8H,2-3,6H2. The molecule has 1 aliphatic rings. The van der Waals surface area contributed by atoms with Gasteiger partial charge in [-0.05, 0) is 31.0 Å². The Morgan fingerprint density at radius 2 is 2.11 bits per heavy atom. The molecule has 3 nitrogen and oxygen atoms in total. The van der Waals surface area contributed by atoms with Crippen LogP contribution in [0.4, 0.5) is 4.39 Å². The lowest BCUT2D eigenvalue weighted by atomic mass is 10.2. The maximum Gasteiger partial charge on any atom is 0.167 e. The molecule has 1 saturated carbocycles. The van der Waals surface area contributed by atoms with E-state index in [9.17, 15) is 4.39 Å². The first-order valence-corrected chi connectivity index (χ1v) is 6.57. The predicted octanol–water partition coefficient (Wildman–Crippen LogP) is 3.81. The molecule has 0 radical (unpaired) electrons. The van der Waals surface area contributed by atoms with Crippen molar-refractivity contribution in [2.75, 3.05) is 0 Å². The molecule has 0 aliphatic heterocycles. The van der Waals surface area contributed by atoms with Gasteiger partial charge in [0.25, 0.3) is 0 Å². The Morgan fingerprint density at radius 3 is 2.78 bits per heavy atom. The van der Waals surface area contributed by atoms with Crippen LogP contribution in [0, 0.1) is 5.82 Å². The van der Waals surface area contributed by atoms with Gasteiger partial charge in [0.2, 0.25) is 0 Å². The molecule has 3 rings (SSSR count). The quantitative estimate of drug-likeness (QED) is 0.803. The highest BCUT2D eigenvalue weighted by molar-refractivity contribution is 6.30. The van der Waals surface area contributed by atoms with Crippen molar-refractivity contribution in [1.29, 1.82) is 0 Å². The Balaban J connectivity index is 2.16. The third-order valence-corrected chi connectivity index (χ3v) is 3.44. The van der Waals surface area contributed by atoms with E-state index >= 15 is 0 Å². The van der Waals surface area contributed by atoms with Crippen LogP contribution in [0.3, 0.4) is 0 Å². The van der Waals surface area contributed by atoms with Crippen LogP contribution < -0.4 is 0 Å². The maximum atomic E-state index is 13.9. The van der Waals surface area contributed by atoms with E-state index in [0.29, 0.717) is 28.3 Å². The summed E-state index contributed by atoms with van der Waals surface area (Å²) in [6.07, 6.45) is 2.11. The fourth-order valence-electron chi connectivity index (χ4n) is 1.98. The number of hydrogen-bond donors (Lipinski definition) is 0. The average Bonchev–Trinajstić information content (AvgIpc) is 3.12. The average molecular weight is 286 g/mol. The van der Waals surface area contributed by atoms with E-state index in [0.717, 1.165) is 12.8 Å². The summed E-state index contributed by atoms with van der Waals surface area (Å²) in [6.45, 7) is 0. The van der Waals surface area contributed by atoms with E-state index in [2.05, 4.69) is 10.2 Å². The molecule has 1 aliphatic carbocycles. The summed E-state index contributed by atoms with van der Waals surface area (Å²) in [5.41, 5.74) is 0.373. The van der Waals surface area contributed by atoms with Gasteiger partial charge in [0.1, 0.15) is 11.6 Å². The summed E-state index contributed by atoms with van der Waals surface area (Å²) in [7, 11) is 0. The van der Waals surface area contributed by atoms with Crippen LogP contribution >= 0.6 is 23.2 Å². The van der Waals surface area contributed by atoms with Crippen molar-refractivity contribution in [3.63, 3.8) is 0 Å². The first kappa shape index (κ1) is 11.9. The van der Waals surface area contributed by atoms with Gasteiger partial charge in [0.15, 0.2) is 5.82 Å². The molecule has 0 saturated heterocycles. The summed E-state index contributed by atoms with van der Waals surface area (Å²) in [6, 6.07) is 4.75. The molecule has 1 fully saturated rings. The van der Waals surface area contributed by atoms with Crippen molar-refractivity contribution in [2.45, 2.75) is 24.8 Å². The van der Waals surface area contributed by atoms with Gasteiger partial charge in [0, 0.05) is 11.1 Å². The number of hydrogen-bond acceptors (Lipinski definition) is 2. The van der Waals surface area contributed by atoms with Gasteiger partial charge in [-0.15, -0.1) is 21.8 Å². The van der Waals surface area contributed by atoms with Crippen molar-refractivity contribution in [3.05, 3.63) is 34.9 Å². The first-order chi connectivity index (χ1) is 8.70. The molecule has 0 unspecified atom stereocenters. The normalized spacial score (nSPS) is 15.1. The highest BCUT2D eigenvalue weighted by atomic mass is 35.5. The minimum absolute atomic E-state index is 0.270. The van der Waals surface area contributed by atoms with Crippen LogP contribution in [-0.4, -0.2) is 14.8 Å². The van der Waals surface area contributed by atoms with Gasteiger partial charge in [-0.3, -0.25) is 0 Å². The van der Waals surface area contributed by atoms with Crippen molar-refractivity contribution in [3.8, 4) is 11.4 Å². The second-order valence-corrected chi connectivity index (χ2v) is 5.00. The SMILES string of the molecule is Fc1ccc(Cl)cc1-c1nnc(CCl)n1C1CC1. The Kier molecular flexibility index (Phi) is 2.99. The molecular weight excluding hydrogens is 276 g/mol. The molecule has 6 heteroatoms. The van der Waals surface area contributed by atoms with E-state index in [4.69, 9.17) is 23.2 Å². The van der Waals surface area contributed by atoms with Crippen LogP contribution in [0.2, 0.25) is 5.02 Å². The second-order valence-electron chi connectivity index (χ2n) is 4.30. The number of halogens is 3. The minimum atomic E-state index is -0.352. The summed E-state index contributed by atoms with van der Waals surface area (Å²) < 4.78 is 15.8. The lowest BCUT2D eigenvalue weighted by Crippen LogP contribution is -2.02. The van der Waals surface area contributed by atoms with Gasteiger partial charge >= 0.3 is 0 Å². The van der Waals surface area contributed by atoms with Crippen LogP contribution in [0.5, 0.6) is 0 Å². The van der Waals surface area contributed by atoms with E-state index < -0.39 is 0 Å². The van der Waals surface area contributed by atoms with Gasteiger partial charge < -0.3 is 4.57 Å². The Bertz CT molecular complexity index is 593. The molecular formula is C12H10Cl2FN3. The number of benzene rings is 1. The lowest BCUT2D eigenvalue weighted by molar-refractivity contribution is 0.625. The topological polar surface area (TPSA) is 30.7 Å². The fraction of sp³-hybridized carbons (Fsp3) is 0.333. The molecule has 0 atom stereocenters. The summed E-state index contributed by atoms with van der Waals surface area (Å²) in [5.74, 6) is 1.10. The molecule has 1 aromatic heterocycles. The van der Waals surface area contributed by atoms with E-state index in [-0.39, 0.29) is 11.7 Å². The summed E-state index contributed by atoms with van der Waals surface area (Å²) in [4.78, 5) is 0. The summed E-state index contributed by atoms with van der Waals surface area (Å²) in [5, 5.41) is 8.54. The highest BCUT2D eigenvalue weighted by Crippen LogP contribution is 2.39. The van der Waals surface area contributed by atoms with Crippen LogP contribution in [-0.2, 0) is 5.88 Å². The fourth-order valence-corrected chi connectivity index (χ4v) is 2.34. The lowest BCUT2D eigenvalue weighted by Gasteiger charge is -2.08. The number of aromatic nitrogens is 3. The zero-order valence-electron chi connectivity index (χ0n) is 9.41. The van der Waals surface area contributed by atoms with E-state index in [1.165, 1.54) is 12.1 Å². The first-order valence-electron chi connectivity index (χ1n) is 5.66. The van der Waals surface area contributed by atoms with E-state index in [1.54, 1.807) is 6.07 Å². The molecule has 1 heterocycles. The Labute approximate surface area is 114 Å². The van der Waals surface area contributed by atoms with Crippen LogP contribution in [0.25, 0.3) is 11.4 Å². The predicted molar refractivity (Wildman–Crippen MR) is 68.3 cm³/mol. The van der Waals surface area contributed by atoms with Gasteiger partial charge in [0.05, 0.1) is 11.4 Å². The molecule has 0 N–H and O–H groups in total. The van der Waals surface area contributed by atoms with Crippen molar-refractivity contribution >= 4 is 23.2 Å². The maximum absolute atomic E-state index is 13.9. The monoisotopic (exact) mass is 285 g/mol. The van der Waals surface area contributed by atoms with Gasteiger partial charge in [-0.25, -0.2) is 4.39 Å². The van der Waals surface area contributed by atoms with Crippen molar-refractivity contribution in [2.24, 2.45) is 0 Å². The van der Waals surface area contributed by atoms with Crippen molar-refractivity contribution in [1.82, 2.24) is 14.8 Å². The third kappa shape index (κ3) is 1.99. The number of nitrogens with zero attached hydrogens (tertiary/aromatic N) is 3. The third-order valence-electron chi connectivity index (χ3n) is 2.97. The molecule has 2 aromatic rings. The summed E-state index contributed by atoms with van der Waals surface area (Å²) >= 11 is 11.7.